The zero-order valence-electron chi connectivity index (χ0n) is 14.8. The summed E-state index contributed by atoms with van der Waals surface area (Å²) in [6, 6.07) is 11.5. The molecule has 1 fully saturated rings. The summed E-state index contributed by atoms with van der Waals surface area (Å²) in [5.41, 5.74) is 1.81. The van der Waals surface area contributed by atoms with Crippen molar-refractivity contribution in [2.75, 3.05) is 0 Å². The van der Waals surface area contributed by atoms with Gasteiger partial charge >= 0.3 is 0 Å². The summed E-state index contributed by atoms with van der Waals surface area (Å²) in [6.45, 7) is 0.176. The summed E-state index contributed by atoms with van der Waals surface area (Å²) in [4.78, 5) is 12.9. The van der Waals surface area contributed by atoms with E-state index >= 15 is 0 Å². The van der Waals surface area contributed by atoms with E-state index in [0.29, 0.717) is 35.0 Å². The Kier molecular flexibility index (Phi) is 4.79. The van der Waals surface area contributed by atoms with E-state index < -0.39 is 0 Å². The van der Waals surface area contributed by atoms with Crippen molar-refractivity contribution in [3.63, 3.8) is 0 Å². The van der Waals surface area contributed by atoms with Crippen LogP contribution in [0.3, 0.4) is 0 Å². The van der Waals surface area contributed by atoms with Gasteiger partial charge in [-0.15, -0.1) is 0 Å². The van der Waals surface area contributed by atoms with Gasteiger partial charge in [-0.25, -0.2) is 13.5 Å². The standard InChI is InChI=1S/C21H20F2N2O2/c22-15-4-8-17(9-5-15)25-21(26)19(12-3-14-1-2-14)20(24-25)13-27-18-10-6-16(23)7-11-18/h4-11,14,24H,1-3,12-13H2. The number of halogens is 2. The third-order valence-corrected chi connectivity index (χ3v) is 4.85. The fraction of sp³-hybridized carbons (Fsp3) is 0.286. The molecule has 27 heavy (non-hydrogen) atoms. The molecular formula is C21H20F2N2O2. The molecule has 0 spiro atoms. The van der Waals surface area contributed by atoms with Crippen LogP contribution in [0.2, 0.25) is 0 Å². The summed E-state index contributed by atoms with van der Waals surface area (Å²) >= 11 is 0. The maximum Gasteiger partial charge on any atom is 0.274 e. The molecule has 0 bridgehead atoms. The first-order chi connectivity index (χ1) is 13.1. The minimum atomic E-state index is -0.354. The minimum Gasteiger partial charge on any atom is -0.487 e. The quantitative estimate of drug-likeness (QED) is 0.671. The topological polar surface area (TPSA) is 47.0 Å². The zero-order chi connectivity index (χ0) is 18.8. The fourth-order valence-corrected chi connectivity index (χ4v) is 3.11. The average molecular weight is 370 g/mol. The molecule has 2 aromatic carbocycles. The molecule has 4 nitrogen and oxygen atoms in total. The molecule has 4 rings (SSSR count). The van der Waals surface area contributed by atoms with Crippen molar-refractivity contribution in [3.8, 4) is 11.4 Å². The van der Waals surface area contributed by atoms with E-state index in [-0.39, 0.29) is 23.8 Å². The van der Waals surface area contributed by atoms with Crippen molar-refractivity contribution < 1.29 is 13.5 Å². The Morgan fingerprint density at radius 2 is 1.63 bits per heavy atom. The Labute approximate surface area is 155 Å². The molecule has 6 heteroatoms. The van der Waals surface area contributed by atoms with E-state index in [1.54, 1.807) is 24.3 Å². The molecule has 0 amide bonds. The molecule has 0 aliphatic heterocycles. The number of H-pyrrole nitrogens is 1. The molecule has 1 aromatic heterocycles. The fourth-order valence-electron chi connectivity index (χ4n) is 3.11. The van der Waals surface area contributed by atoms with Crippen LogP contribution in [0.15, 0.2) is 53.3 Å². The minimum absolute atomic E-state index is 0.139. The monoisotopic (exact) mass is 370 g/mol. The van der Waals surface area contributed by atoms with Crippen molar-refractivity contribution in [1.82, 2.24) is 9.78 Å². The molecule has 0 saturated heterocycles. The van der Waals surface area contributed by atoms with E-state index in [4.69, 9.17) is 4.74 Å². The number of aromatic amines is 1. The number of hydrogen-bond acceptors (Lipinski definition) is 2. The van der Waals surface area contributed by atoms with Crippen LogP contribution in [0.4, 0.5) is 8.78 Å². The number of nitrogens with one attached hydrogen (secondary N) is 1. The predicted octanol–water partition coefficient (Wildman–Crippen LogP) is 4.37. The summed E-state index contributed by atoms with van der Waals surface area (Å²) in [5.74, 6) is 0.542. The number of hydrogen-bond donors (Lipinski definition) is 1. The van der Waals surface area contributed by atoms with Gasteiger partial charge in [-0.2, -0.15) is 0 Å². The van der Waals surface area contributed by atoms with Crippen LogP contribution in [-0.4, -0.2) is 9.78 Å². The summed E-state index contributed by atoms with van der Waals surface area (Å²) in [6.07, 6.45) is 4.09. The van der Waals surface area contributed by atoms with E-state index in [2.05, 4.69) is 5.10 Å². The first-order valence-corrected chi connectivity index (χ1v) is 9.07. The van der Waals surface area contributed by atoms with Gasteiger partial charge in [0.1, 0.15) is 24.0 Å². The molecule has 0 atom stereocenters. The number of aromatic nitrogens is 2. The van der Waals surface area contributed by atoms with Gasteiger partial charge in [0.05, 0.1) is 11.4 Å². The molecule has 1 saturated carbocycles. The van der Waals surface area contributed by atoms with Crippen molar-refractivity contribution in [2.45, 2.75) is 32.3 Å². The van der Waals surface area contributed by atoms with Crippen molar-refractivity contribution in [2.24, 2.45) is 5.92 Å². The van der Waals surface area contributed by atoms with Gasteiger partial charge in [-0.3, -0.25) is 9.89 Å². The van der Waals surface area contributed by atoms with E-state index in [9.17, 15) is 13.6 Å². The lowest BCUT2D eigenvalue weighted by molar-refractivity contribution is 0.298. The second-order valence-corrected chi connectivity index (χ2v) is 6.91. The number of benzene rings is 2. The van der Waals surface area contributed by atoms with Crippen LogP contribution < -0.4 is 10.3 Å². The Morgan fingerprint density at radius 3 is 2.26 bits per heavy atom. The third-order valence-electron chi connectivity index (χ3n) is 4.85. The highest BCUT2D eigenvalue weighted by Crippen LogP contribution is 2.33. The molecule has 3 aromatic rings. The molecule has 1 aliphatic rings. The van der Waals surface area contributed by atoms with Gasteiger partial charge in [0, 0.05) is 5.56 Å². The van der Waals surface area contributed by atoms with Crippen LogP contribution >= 0.6 is 0 Å². The van der Waals surface area contributed by atoms with Crippen molar-refractivity contribution in [3.05, 3.63) is 81.8 Å². The van der Waals surface area contributed by atoms with Crippen molar-refractivity contribution in [1.29, 1.82) is 0 Å². The maximum absolute atomic E-state index is 13.2. The van der Waals surface area contributed by atoms with Crippen LogP contribution in [0.25, 0.3) is 5.69 Å². The number of nitrogens with zero attached hydrogens (tertiary/aromatic N) is 1. The summed E-state index contributed by atoms with van der Waals surface area (Å²) in [7, 11) is 0. The van der Waals surface area contributed by atoms with E-state index in [0.717, 1.165) is 6.42 Å². The molecule has 0 radical (unpaired) electrons. The maximum atomic E-state index is 13.2. The van der Waals surface area contributed by atoms with E-state index in [1.165, 1.54) is 41.8 Å². The highest BCUT2D eigenvalue weighted by Gasteiger charge is 2.23. The van der Waals surface area contributed by atoms with Crippen LogP contribution in [0, 0.1) is 17.6 Å². The Morgan fingerprint density at radius 1 is 1.00 bits per heavy atom. The van der Waals surface area contributed by atoms with Gasteiger partial charge in [0.25, 0.3) is 5.56 Å². The normalized spacial score (nSPS) is 13.7. The van der Waals surface area contributed by atoms with Crippen LogP contribution in [-0.2, 0) is 13.0 Å². The molecule has 0 unspecified atom stereocenters. The van der Waals surface area contributed by atoms with Gasteiger partial charge < -0.3 is 4.74 Å². The second kappa shape index (κ2) is 7.39. The molecule has 1 N–H and O–H groups in total. The smallest absolute Gasteiger partial charge is 0.274 e. The first-order valence-electron chi connectivity index (χ1n) is 9.07. The Bertz CT molecular complexity index is 971. The SMILES string of the molecule is O=c1c(CCC2CC2)c(COc2ccc(F)cc2)[nH]n1-c1ccc(F)cc1. The van der Waals surface area contributed by atoms with Gasteiger partial charge in [0.2, 0.25) is 0 Å². The summed E-state index contributed by atoms with van der Waals surface area (Å²) in [5, 5.41) is 3.09. The Balaban J connectivity index is 1.61. The highest BCUT2D eigenvalue weighted by molar-refractivity contribution is 5.33. The highest BCUT2D eigenvalue weighted by atomic mass is 19.1. The first kappa shape index (κ1) is 17.5. The zero-order valence-corrected chi connectivity index (χ0v) is 14.8. The largest absolute Gasteiger partial charge is 0.487 e. The number of ether oxygens (including phenoxy) is 1. The molecular weight excluding hydrogens is 350 g/mol. The number of rotatable bonds is 7. The lowest BCUT2D eigenvalue weighted by Crippen LogP contribution is -2.17. The molecule has 1 heterocycles. The second-order valence-electron chi connectivity index (χ2n) is 6.91. The van der Waals surface area contributed by atoms with E-state index in [1.807, 2.05) is 0 Å². The lowest BCUT2D eigenvalue weighted by atomic mass is 10.1. The predicted molar refractivity (Wildman–Crippen MR) is 98.1 cm³/mol. The third kappa shape index (κ3) is 4.10. The molecule has 140 valence electrons. The van der Waals surface area contributed by atoms with Gasteiger partial charge in [-0.05, 0) is 67.3 Å². The van der Waals surface area contributed by atoms with Crippen LogP contribution in [0.5, 0.6) is 5.75 Å². The Hall–Kier alpha value is -2.89. The van der Waals surface area contributed by atoms with Gasteiger partial charge in [-0.1, -0.05) is 12.8 Å². The van der Waals surface area contributed by atoms with Gasteiger partial charge in [0.15, 0.2) is 0 Å². The lowest BCUT2D eigenvalue weighted by Gasteiger charge is -2.06. The summed E-state index contributed by atoms with van der Waals surface area (Å²) < 4.78 is 33.4. The average Bonchev–Trinajstić information content (AvgIpc) is 3.44. The van der Waals surface area contributed by atoms with Crippen molar-refractivity contribution >= 4 is 0 Å². The van der Waals surface area contributed by atoms with Crippen LogP contribution in [0.1, 0.15) is 30.5 Å². The molecule has 1 aliphatic carbocycles.